The largest absolute Gasteiger partial charge is 0.333 e. The van der Waals surface area contributed by atoms with Gasteiger partial charge in [-0.3, -0.25) is 9.59 Å². The summed E-state index contributed by atoms with van der Waals surface area (Å²) in [6.07, 6.45) is 0.919. The highest BCUT2D eigenvalue weighted by Gasteiger charge is 2.23. The molecule has 0 heterocycles. The van der Waals surface area contributed by atoms with E-state index in [0.717, 1.165) is 12.1 Å². The fraction of sp³-hybridized carbons (Fsp3) is 0.529. The van der Waals surface area contributed by atoms with E-state index in [-0.39, 0.29) is 24.3 Å². The minimum absolute atomic E-state index is 0.190. The van der Waals surface area contributed by atoms with Gasteiger partial charge in [-0.2, -0.15) is 0 Å². The van der Waals surface area contributed by atoms with Crippen molar-refractivity contribution in [3.05, 3.63) is 29.6 Å². The summed E-state index contributed by atoms with van der Waals surface area (Å²) in [5.41, 5.74) is -0.690. The maximum Gasteiger partial charge on any atom is 0.244 e. The highest BCUT2D eigenvalue weighted by molar-refractivity contribution is 5.94. The molecular weight excluding hydrogens is 321 g/mol. The SMILES string of the molecule is CCCN(CC(=O)Nc1ccc(F)c(F)c1F)C(=O)CC(C)(C)C. The third-order valence-electron chi connectivity index (χ3n) is 3.17. The van der Waals surface area contributed by atoms with Crippen LogP contribution in [0.2, 0.25) is 0 Å². The van der Waals surface area contributed by atoms with Gasteiger partial charge in [0.25, 0.3) is 0 Å². The number of nitrogens with one attached hydrogen (secondary N) is 1. The van der Waals surface area contributed by atoms with Crippen molar-refractivity contribution in [1.82, 2.24) is 4.90 Å². The van der Waals surface area contributed by atoms with Gasteiger partial charge in [-0.05, 0) is 24.0 Å². The molecule has 1 N–H and O–H groups in total. The minimum Gasteiger partial charge on any atom is -0.333 e. The Bertz CT molecular complexity index is 613. The standard InChI is InChI=1S/C17H23F3N2O2/c1-5-8-22(14(24)9-17(2,3)4)10-13(23)21-12-7-6-11(18)15(19)16(12)20/h6-7H,5,8-10H2,1-4H3,(H,21,23). The van der Waals surface area contributed by atoms with E-state index in [2.05, 4.69) is 5.32 Å². The van der Waals surface area contributed by atoms with E-state index in [9.17, 15) is 22.8 Å². The van der Waals surface area contributed by atoms with Crippen molar-refractivity contribution in [3.8, 4) is 0 Å². The number of halogens is 3. The lowest BCUT2D eigenvalue weighted by Gasteiger charge is -2.26. The van der Waals surface area contributed by atoms with E-state index in [0.29, 0.717) is 13.0 Å². The first-order valence-corrected chi connectivity index (χ1v) is 7.76. The smallest absolute Gasteiger partial charge is 0.244 e. The molecule has 2 amide bonds. The van der Waals surface area contributed by atoms with Crippen LogP contribution in [0, 0.1) is 22.9 Å². The molecule has 0 radical (unpaired) electrons. The summed E-state index contributed by atoms with van der Waals surface area (Å²) in [6, 6.07) is 1.66. The van der Waals surface area contributed by atoms with Gasteiger partial charge < -0.3 is 10.2 Å². The fourth-order valence-electron chi connectivity index (χ4n) is 2.11. The van der Waals surface area contributed by atoms with Crippen molar-refractivity contribution in [1.29, 1.82) is 0 Å². The molecule has 0 aliphatic carbocycles. The van der Waals surface area contributed by atoms with Gasteiger partial charge in [-0.25, -0.2) is 13.2 Å². The summed E-state index contributed by atoms with van der Waals surface area (Å²) in [6.45, 7) is 7.69. The molecule has 1 aromatic carbocycles. The topological polar surface area (TPSA) is 49.4 Å². The molecule has 0 aliphatic heterocycles. The van der Waals surface area contributed by atoms with Gasteiger partial charge in [0.15, 0.2) is 17.5 Å². The Morgan fingerprint density at radius 1 is 1.12 bits per heavy atom. The van der Waals surface area contributed by atoms with Crippen molar-refractivity contribution in [3.63, 3.8) is 0 Å². The Balaban J connectivity index is 2.79. The van der Waals surface area contributed by atoms with Crippen LogP contribution >= 0.6 is 0 Å². The van der Waals surface area contributed by atoms with E-state index in [1.807, 2.05) is 27.7 Å². The van der Waals surface area contributed by atoms with Gasteiger partial charge in [-0.1, -0.05) is 27.7 Å². The summed E-state index contributed by atoms with van der Waals surface area (Å²) in [7, 11) is 0. The molecule has 0 spiro atoms. The molecule has 0 aliphatic rings. The van der Waals surface area contributed by atoms with Crippen LogP contribution in [0.4, 0.5) is 18.9 Å². The second-order valence-corrected chi connectivity index (χ2v) is 6.82. The van der Waals surface area contributed by atoms with Gasteiger partial charge in [0.2, 0.25) is 11.8 Å². The van der Waals surface area contributed by atoms with E-state index in [4.69, 9.17) is 0 Å². The maximum atomic E-state index is 13.6. The monoisotopic (exact) mass is 344 g/mol. The van der Waals surface area contributed by atoms with Gasteiger partial charge >= 0.3 is 0 Å². The number of anilines is 1. The highest BCUT2D eigenvalue weighted by atomic mass is 19.2. The molecule has 4 nitrogen and oxygen atoms in total. The number of amides is 2. The van der Waals surface area contributed by atoms with E-state index >= 15 is 0 Å². The average molecular weight is 344 g/mol. The number of hydrogen-bond acceptors (Lipinski definition) is 2. The van der Waals surface area contributed by atoms with Crippen molar-refractivity contribution in [2.75, 3.05) is 18.4 Å². The Morgan fingerprint density at radius 2 is 1.75 bits per heavy atom. The molecule has 1 aromatic rings. The molecule has 0 saturated heterocycles. The van der Waals surface area contributed by atoms with Crippen LogP contribution in [0.1, 0.15) is 40.5 Å². The minimum atomic E-state index is -1.65. The molecule has 1 rings (SSSR count). The number of hydrogen-bond donors (Lipinski definition) is 1. The Hall–Kier alpha value is -2.05. The number of carbonyl (C=O) groups is 2. The molecule has 0 bridgehead atoms. The summed E-state index contributed by atoms with van der Waals surface area (Å²) in [4.78, 5) is 25.7. The quantitative estimate of drug-likeness (QED) is 0.800. The van der Waals surface area contributed by atoms with E-state index in [1.165, 1.54) is 4.90 Å². The average Bonchev–Trinajstić information content (AvgIpc) is 2.45. The molecule has 0 saturated carbocycles. The van der Waals surface area contributed by atoms with Crippen LogP contribution in [0.15, 0.2) is 12.1 Å². The summed E-state index contributed by atoms with van der Waals surface area (Å²) >= 11 is 0. The number of nitrogens with zero attached hydrogens (tertiary/aromatic N) is 1. The number of benzene rings is 1. The second kappa shape index (κ2) is 8.17. The molecule has 0 atom stereocenters. The van der Waals surface area contributed by atoms with Crippen LogP contribution in [0.3, 0.4) is 0 Å². The van der Waals surface area contributed by atoms with Crippen LogP contribution in [0.5, 0.6) is 0 Å². The van der Waals surface area contributed by atoms with Gasteiger partial charge in [0, 0.05) is 13.0 Å². The summed E-state index contributed by atoms with van der Waals surface area (Å²) in [5, 5.41) is 2.17. The third kappa shape index (κ3) is 5.86. The molecule has 0 aromatic heterocycles. The lowest BCUT2D eigenvalue weighted by molar-refractivity contribution is -0.136. The van der Waals surface area contributed by atoms with Crippen LogP contribution in [0.25, 0.3) is 0 Å². The van der Waals surface area contributed by atoms with Crippen molar-refractivity contribution in [2.24, 2.45) is 5.41 Å². The lowest BCUT2D eigenvalue weighted by Crippen LogP contribution is -2.40. The zero-order valence-electron chi connectivity index (χ0n) is 14.4. The second-order valence-electron chi connectivity index (χ2n) is 6.82. The molecule has 134 valence electrons. The normalized spacial score (nSPS) is 11.3. The number of carbonyl (C=O) groups excluding carboxylic acids is 2. The predicted octanol–water partition coefficient (Wildman–Crippen LogP) is 3.72. The highest BCUT2D eigenvalue weighted by Crippen LogP contribution is 2.21. The fourth-order valence-corrected chi connectivity index (χ4v) is 2.11. The lowest BCUT2D eigenvalue weighted by atomic mass is 9.91. The van der Waals surface area contributed by atoms with E-state index in [1.54, 1.807) is 0 Å². The van der Waals surface area contributed by atoms with Gasteiger partial charge in [0.1, 0.15) is 0 Å². The van der Waals surface area contributed by atoms with E-state index < -0.39 is 29.0 Å². The van der Waals surface area contributed by atoms with Crippen LogP contribution in [-0.4, -0.2) is 29.8 Å². The molecule has 24 heavy (non-hydrogen) atoms. The van der Waals surface area contributed by atoms with Crippen molar-refractivity contribution >= 4 is 17.5 Å². The van der Waals surface area contributed by atoms with Crippen molar-refractivity contribution < 1.29 is 22.8 Å². The van der Waals surface area contributed by atoms with Gasteiger partial charge in [0.05, 0.1) is 12.2 Å². The van der Waals surface area contributed by atoms with Crippen LogP contribution in [-0.2, 0) is 9.59 Å². The van der Waals surface area contributed by atoms with Crippen molar-refractivity contribution in [2.45, 2.75) is 40.5 Å². The first kappa shape index (κ1) is 20.0. The Labute approximate surface area is 140 Å². The zero-order valence-corrected chi connectivity index (χ0v) is 14.4. The van der Waals surface area contributed by atoms with Crippen LogP contribution < -0.4 is 5.32 Å². The first-order valence-electron chi connectivity index (χ1n) is 7.76. The first-order chi connectivity index (χ1) is 11.0. The predicted molar refractivity (Wildman–Crippen MR) is 85.9 cm³/mol. The summed E-state index contributed by atoms with van der Waals surface area (Å²) < 4.78 is 39.6. The zero-order chi connectivity index (χ0) is 18.5. The molecule has 7 heteroatoms. The number of rotatable bonds is 6. The molecular formula is C17H23F3N2O2. The summed E-state index contributed by atoms with van der Waals surface area (Å²) in [5.74, 6) is -5.31. The Morgan fingerprint density at radius 3 is 2.29 bits per heavy atom. The Kier molecular flexibility index (Phi) is 6.81. The maximum absolute atomic E-state index is 13.6. The molecule has 0 fully saturated rings. The molecule has 0 unspecified atom stereocenters. The van der Waals surface area contributed by atoms with Gasteiger partial charge in [-0.15, -0.1) is 0 Å². The third-order valence-corrected chi connectivity index (χ3v) is 3.17.